The summed E-state index contributed by atoms with van der Waals surface area (Å²) >= 11 is 6.10. The van der Waals surface area contributed by atoms with Gasteiger partial charge in [0.05, 0.1) is 26.2 Å². The molecule has 0 bridgehead atoms. The van der Waals surface area contributed by atoms with Gasteiger partial charge in [-0.1, -0.05) is 41.9 Å². The van der Waals surface area contributed by atoms with E-state index in [2.05, 4.69) is 36.6 Å². The predicted octanol–water partition coefficient (Wildman–Crippen LogP) is 1.95. The number of rotatable bonds is 10. The maximum Gasteiger partial charge on any atom is 0.319 e. The van der Waals surface area contributed by atoms with Crippen molar-refractivity contribution in [3.8, 4) is 0 Å². The Hall–Kier alpha value is -1.31. The van der Waals surface area contributed by atoms with Crippen LogP contribution in [0.1, 0.15) is 25.8 Å². The molecule has 2 N–H and O–H groups in total. The Morgan fingerprint density at radius 1 is 1.00 bits per heavy atom. The van der Waals surface area contributed by atoms with Crippen LogP contribution in [0.5, 0.6) is 0 Å². The number of quaternary nitrogens is 1. The highest BCUT2D eigenvalue weighted by Crippen LogP contribution is 2.15. The summed E-state index contributed by atoms with van der Waals surface area (Å²) in [4.78, 5) is 12.0. The van der Waals surface area contributed by atoms with E-state index >= 15 is 0 Å². The number of nitrogens with zero attached hydrogens (tertiary/aromatic N) is 1. The van der Waals surface area contributed by atoms with Gasteiger partial charge < -0.3 is 39.1 Å². The van der Waals surface area contributed by atoms with Crippen molar-refractivity contribution in [1.82, 2.24) is 5.32 Å². The second-order valence-corrected chi connectivity index (χ2v) is 7.34. The van der Waals surface area contributed by atoms with Gasteiger partial charge in [-0.2, -0.15) is 0 Å². The molecule has 0 aliphatic rings. The zero-order chi connectivity index (χ0) is 19.5. The van der Waals surface area contributed by atoms with Gasteiger partial charge in [0, 0.05) is 30.1 Å². The Morgan fingerprint density at radius 3 is 2.36 bits per heavy atom. The zero-order valence-electron chi connectivity index (χ0n) is 16.8. The molecule has 0 atom stereocenters. The maximum absolute atomic E-state index is 12.0. The number of halogens is 2. The van der Waals surface area contributed by atoms with Gasteiger partial charge in [0.1, 0.15) is 0 Å². The molecule has 0 heterocycles. The van der Waals surface area contributed by atoms with Crippen molar-refractivity contribution in [2.75, 3.05) is 38.0 Å². The third-order valence-electron chi connectivity index (χ3n) is 5.23. The molecule has 0 saturated heterocycles. The van der Waals surface area contributed by atoms with Gasteiger partial charge in [-0.25, -0.2) is 4.79 Å². The molecule has 2 rings (SSSR count). The van der Waals surface area contributed by atoms with E-state index in [9.17, 15) is 4.79 Å². The number of hydrogen-bond donors (Lipinski definition) is 2. The molecule has 154 valence electrons. The average Bonchev–Trinajstić information content (AvgIpc) is 2.69. The predicted molar refractivity (Wildman–Crippen MR) is 114 cm³/mol. The summed E-state index contributed by atoms with van der Waals surface area (Å²) in [6.45, 7) is 9.49. The molecular weight excluding hydrogens is 485 g/mol. The van der Waals surface area contributed by atoms with Crippen molar-refractivity contribution >= 4 is 23.3 Å². The van der Waals surface area contributed by atoms with Crippen LogP contribution in [0, 0.1) is 0 Å². The van der Waals surface area contributed by atoms with E-state index < -0.39 is 0 Å². The van der Waals surface area contributed by atoms with E-state index in [4.69, 9.17) is 11.6 Å². The Bertz CT molecular complexity index is 708. The number of para-hydroxylation sites is 1. The number of amides is 2. The van der Waals surface area contributed by atoms with Crippen LogP contribution in [-0.4, -0.2) is 43.2 Å². The topological polar surface area (TPSA) is 41.1 Å². The maximum atomic E-state index is 12.0. The standard InChI is InChI=1S/C22H30ClN3O.HI/c1-3-26(4-2,17-14-19-10-8-11-20(23)18-19)16-9-15-24-22(27)25-21-12-6-5-7-13-21;/h5-8,10-13,18H,3-4,9,14-17H2,1-2H3,(H-,24,25,27);1H. The minimum absolute atomic E-state index is 0. The fraction of sp³-hybridized carbons (Fsp3) is 0.409. The van der Waals surface area contributed by atoms with Crippen molar-refractivity contribution in [3.63, 3.8) is 0 Å². The van der Waals surface area contributed by atoms with E-state index in [0.717, 1.165) is 54.2 Å². The van der Waals surface area contributed by atoms with Crippen LogP contribution in [0.2, 0.25) is 5.02 Å². The van der Waals surface area contributed by atoms with Crippen molar-refractivity contribution in [2.24, 2.45) is 0 Å². The van der Waals surface area contributed by atoms with Gasteiger partial charge in [-0.3, -0.25) is 0 Å². The minimum atomic E-state index is -0.147. The van der Waals surface area contributed by atoms with Crippen molar-refractivity contribution in [1.29, 1.82) is 0 Å². The molecular formula is C22H31ClIN3O. The number of carbonyl (C=O) groups excluding carboxylic acids is 1. The average molecular weight is 516 g/mol. The monoisotopic (exact) mass is 515 g/mol. The second-order valence-electron chi connectivity index (χ2n) is 6.90. The number of urea groups is 1. The summed E-state index contributed by atoms with van der Waals surface area (Å²) in [7, 11) is 0. The third-order valence-corrected chi connectivity index (χ3v) is 5.47. The van der Waals surface area contributed by atoms with Gasteiger partial charge in [-0.15, -0.1) is 0 Å². The summed E-state index contributed by atoms with van der Waals surface area (Å²) < 4.78 is 1.05. The molecule has 0 spiro atoms. The molecule has 2 aromatic carbocycles. The van der Waals surface area contributed by atoms with E-state index in [-0.39, 0.29) is 30.0 Å². The molecule has 0 fully saturated rings. The fourth-order valence-electron chi connectivity index (χ4n) is 3.34. The lowest BCUT2D eigenvalue weighted by Crippen LogP contribution is -3.00. The first-order valence-electron chi connectivity index (χ1n) is 9.76. The lowest BCUT2D eigenvalue weighted by atomic mass is 10.1. The highest BCUT2D eigenvalue weighted by atomic mass is 127. The van der Waals surface area contributed by atoms with Gasteiger partial charge in [0.15, 0.2) is 0 Å². The van der Waals surface area contributed by atoms with E-state index in [0.29, 0.717) is 6.54 Å². The molecule has 28 heavy (non-hydrogen) atoms. The lowest BCUT2D eigenvalue weighted by molar-refractivity contribution is -0.924. The largest absolute Gasteiger partial charge is 1.00 e. The van der Waals surface area contributed by atoms with Crippen LogP contribution in [0.15, 0.2) is 54.6 Å². The van der Waals surface area contributed by atoms with E-state index in [1.165, 1.54) is 5.56 Å². The summed E-state index contributed by atoms with van der Waals surface area (Å²) in [6, 6.07) is 17.5. The fourth-order valence-corrected chi connectivity index (χ4v) is 3.55. The Kier molecular flexibility index (Phi) is 11.5. The molecule has 0 saturated carbocycles. The van der Waals surface area contributed by atoms with Crippen LogP contribution in [-0.2, 0) is 6.42 Å². The number of carbonyl (C=O) groups is 1. The second kappa shape index (κ2) is 13.0. The third kappa shape index (κ3) is 8.37. The van der Waals surface area contributed by atoms with Crippen molar-refractivity contribution in [3.05, 3.63) is 65.2 Å². The molecule has 6 heteroatoms. The van der Waals surface area contributed by atoms with Crippen LogP contribution in [0.25, 0.3) is 0 Å². The number of anilines is 1. The van der Waals surface area contributed by atoms with Gasteiger partial charge in [0.25, 0.3) is 0 Å². The van der Waals surface area contributed by atoms with Crippen LogP contribution in [0.4, 0.5) is 10.5 Å². The molecule has 2 amide bonds. The first-order chi connectivity index (χ1) is 13.1. The number of hydrogen-bond acceptors (Lipinski definition) is 1. The molecule has 0 aliphatic heterocycles. The number of likely N-dealkylation sites (N-methyl/N-ethyl adjacent to an activating group) is 1. The van der Waals surface area contributed by atoms with E-state index in [1.54, 1.807) is 0 Å². The normalized spacial score (nSPS) is 10.8. The quantitative estimate of drug-likeness (QED) is 0.284. The summed E-state index contributed by atoms with van der Waals surface area (Å²) in [5.74, 6) is 0. The molecule has 0 aromatic heterocycles. The molecule has 4 nitrogen and oxygen atoms in total. The summed E-state index contributed by atoms with van der Waals surface area (Å²) in [5.41, 5.74) is 2.09. The molecule has 0 unspecified atom stereocenters. The summed E-state index contributed by atoms with van der Waals surface area (Å²) in [6.07, 6.45) is 1.98. The van der Waals surface area contributed by atoms with Crippen LogP contribution >= 0.6 is 11.6 Å². The van der Waals surface area contributed by atoms with Gasteiger partial charge in [-0.05, 0) is 43.7 Å². The number of benzene rings is 2. The van der Waals surface area contributed by atoms with Crippen LogP contribution in [0.3, 0.4) is 0 Å². The van der Waals surface area contributed by atoms with Crippen molar-refractivity contribution in [2.45, 2.75) is 26.7 Å². The molecule has 2 aromatic rings. The number of nitrogens with one attached hydrogen (secondary N) is 2. The molecule has 0 aliphatic carbocycles. The minimum Gasteiger partial charge on any atom is -1.00 e. The Balaban J connectivity index is 0.00000392. The van der Waals surface area contributed by atoms with Crippen LogP contribution < -0.4 is 34.6 Å². The lowest BCUT2D eigenvalue weighted by Gasteiger charge is -2.37. The zero-order valence-corrected chi connectivity index (χ0v) is 19.7. The molecule has 0 radical (unpaired) electrons. The SMILES string of the molecule is CC[N+](CC)(CCCNC(=O)Nc1ccccc1)CCc1cccc(Cl)c1.[I-]. The Labute approximate surface area is 191 Å². The highest BCUT2D eigenvalue weighted by Gasteiger charge is 2.22. The van der Waals surface area contributed by atoms with E-state index in [1.807, 2.05) is 42.5 Å². The van der Waals surface area contributed by atoms with Gasteiger partial charge >= 0.3 is 6.03 Å². The van der Waals surface area contributed by atoms with Gasteiger partial charge in [0.2, 0.25) is 0 Å². The summed E-state index contributed by atoms with van der Waals surface area (Å²) in [5, 5.41) is 6.61. The first-order valence-corrected chi connectivity index (χ1v) is 10.1. The Morgan fingerprint density at radius 2 is 1.71 bits per heavy atom. The highest BCUT2D eigenvalue weighted by molar-refractivity contribution is 6.30. The van der Waals surface area contributed by atoms with Crippen molar-refractivity contribution < 1.29 is 33.3 Å². The smallest absolute Gasteiger partial charge is 0.319 e. The first kappa shape index (κ1) is 24.7.